The molecule has 0 N–H and O–H groups in total. The summed E-state index contributed by atoms with van der Waals surface area (Å²) >= 11 is 5.85. The largest absolute Gasteiger partial charge is 0.339 e. The van der Waals surface area contributed by atoms with E-state index in [0.29, 0.717) is 36.5 Å². The van der Waals surface area contributed by atoms with Crippen molar-refractivity contribution in [2.75, 3.05) is 26.2 Å². The molecule has 0 bridgehead atoms. The van der Waals surface area contributed by atoms with E-state index in [0.717, 1.165) is 6.42 Å². The van der Waals surface area contributed by atoms with Crippen molar-refractivity contribution >= 4 is 27.5 Å². The summed E-state index contributed by atoms with van der Waals surface area (Å²) in [6.07, 6.45) is 2.31. The average molecular weight is 437 g/mol. The van der Waals surface area contributed by atoms with Gasteiger partial charge in [0.1, 0.15) is 5.82 Å². The van der Waals surface area contributed by atoms with Crippen molar-refractivity contribution in [1.29, 1.82) is 0 Å². The maximum Gasteiger partial charge on any atom is 0.243 e. The highest BCUT2D eigenvalue weighted by atomic mass is 35.5. The zero-order valence-corrected chi connectivity index (χ0v) is 17.4. The summed E-state index contributed by atoms with van der Waals surface area (Å²) in [5.74, 6) is -0.377. The van der Waals surface area contributed by atoms with E-state index in [1.165, 1.54) is 28.6 Å². The van der Waals surface area contributed by atoms with E-state index < -0.39 is 15.4 Å². The van der Waals surface area contributed by atoms with Crippen LogP contribution in [-0.4, -0.2) is 49.7 Å². The molecule has 1 saturated heterocycles. The van der Waals surface area contributed by atoms with E-state index in [9.17, 15) is 17.6 Å². The van der Waals surface area contributed by atoms with Crippen LogP contribution in [0.2, 0.25) is 5.02 Å². The quantitative estimate of drug-likeness (QED) is 0.737. The predicted octanol–water partition coefficient (Wildman–Crippen LogP) is 3.43. The molecule has 1 heterocycles. The number of piperazine rings is 1. The minimum Gasteiger partial charge on any atom is -0.339 e. The van der Waals surface area contributed by atoms with Gasteiger partial charge in [-0.3, -0.25) is 4.79 Å². The Morgan fingerprint density at radius 2 is 1.66 bits per heavy atom. The number of carbonyl (C=O) groups is 1. The number of nitrogens with zero attached hydrogens (tertiary/aromatic N) is 2. The Kier molecular flexibility index (Phi) is 5.40. The van der Waals surface area contributed by atoms with E-state index in [1.54, 1.807) is 29.2 Å². The molecule has 0 spiro atoms. The fourth-order valence-electron chi connectivity index (χ4n) is 4.13. The van der Waals surface area contributed by atoms with E-state index in [2.05, 4.69) is 0 Å². The molecule has 154 valence electrons. The molecule has 0 aromatic heterocycles. The van der Waals surface area contributed by atoms with Gasteiger partial charge in [0.15, 0.2) is 0 Å². The molecular weight excluding hydrogens is 415 g/mol. The molecular formula is C21H22ClFN2O3S. The van der Waals surface area contributed by atoms with Gasteiger partial charge in [0.05, 0.1) is 10.3 Å². The Labute approximate surface area is 175 Å². The fraction of sp³-hybridized carbons (Fsp3) is 0.381. The summed E-state index contributed by atoms with van der Waals surface area (Å²) in [6, 6.07) is 12.3. The summed E-state index contributed by atoms with van der Waals surface area (Å²) in [5.41, 5.74) is 0.0317. The third-order valence-electron chi connectivity index (χ3n) is 5.97. The highest BCUT2D eigenvalue weighted by Gasteiger charge is 2.48. The highest BCUT2D eigenvalue weighted by Crippen LogP contribution is 2.45. The first kappa shape index (κ1) is 20.3. The lowest BCUT2D eigenvalue weighted by molar-refractivity contribution is -0.142. The van der Waals surface area contributed by atoms with E-state index in [4.69, 9.17) is 11.6 Å². The molecule has 2 aromatic rings. The van der Waals surface area contributed by atoms with Gasteiger partial charge in [-0.15, -0.1) is 0 Å². The molecule has 2 fully saturated rings. The number of rotatable bonds is 4. The van der Waals surface area contributed by atoms with Gasteiger partial charge in [0.2, 0.25) is 15.9 Å². The molecule has 0 atom stereocenters. The average Bonchev–Trinajstić information content (AvgIpc) is 2.67. The van der Waals surface area contributed by atoms with Crippen LogP contribution in [0.5, 0.6) is 0 Å². The second kappa shape index (κ2) is 7.70. The number of hydrogen-bond acceptors (Lipinski definition) is 3. The number of hydrogen-bond donors (Lipinski definition) is 0. The van der Waals surface area contributed by atoms with Gasteiger partial charge in [0.25, 0.3) is 0 Å². The standard InChI is InChI=1S/C21H22ClFN2O3S/c22-17-5-7-19(8-6-17)29(27,28)25-13-11-24(12-14-25)20(26)21(9-2-10-21)16-3-1-4-18(23)15-16/h1,3-8,15H,2,9-14H2. The van der Waals surface area contributed by atoms with Crippen molar-refractivity contribution in [3.63, 3.8) is 0 Å². The van der Waals surface area contributed by atoms with Crippen LogP contribution in [0.1, 0.15) is 24.8 Å². The van der Waals surface area contributed by atoms with Gasteiger partial charge >= 0.3 is 0 Å². The Hall–Kier alpha value is -1.96. The summed E-state index contributed by atoms with van der Waals surface area (Å²) in [7, 11) is -3.63. The molecule has 4 rings (SSSR count). The molecule has 1 saturated carbocycles. The van der Waals surface area contributed by atoms with Gasteiger partial charge < -0.3 is 4.90 Å². The fourth-order valence-corrected chi connectivity index (χ4v) is 5.68. The lowest BCUT2D eigenvalue weighted by Gasteiger charge is -2.45. The SMILES string of the molecule is O=C(N1CCN(S(=O)(=O)c2ccc(Cl)cc2)CC1)C1(c2cccc(F)c2)CCC1. The van der Waals surface area contributed by atoms with Crippen LogP contribution < -0.4 is 0 Å². The molecule has 8 heteroatoms. The molecule has 29 heavy (non-hydrogen) atoms. The van der Waals surface area contributed by atoms with Gasteiger partial charge in [-0.2, -0.15) is 4.31 Å². The second-order valence-corrected chi connectivity index (χ2v) is 9.97. The Balaban J connectivity index is 1.48. The monoisotopic (exact) mass is 436 g/mol. The maximum absolute atomic E-state index is 13.7. The van der Waals surface area contributed by atoms with E-state index in [-0.39, 0.29) is 29.7 Å². The summed E-state index contributed by atoms with van der Waals surface area (Å²) in [4.78, 5) is 15.2. The molecule has 2 aliphatic rings. The van der Waals surface area contributed by atoms with Gasteiger partial charge in [0, 0.05) is 31.2 Å². The van der Waals surface area contributed by atoms with E-state index in [1.807, 2.05) is 0 Å². The van der Waals surface area contributed by atoms with Crippen LogP contribution in [0.25, 0.3) is 0 Å². The Morgan fingerprint density at radius 1 is 1.00 bits per heavy atom. The van der Waals surface area contributed by atoms with Crippen LogP contribution in [-0.2, 0) is 20.2 Å². The zero-order valence-electron chi connectivity index (χ0n) is 15.9. The first-order valence-corrected chi connectivity index (χ1v) is 11.5. The van der Waals surface area contributed by atoms with Crippen molar-refractivity contribution in [3.05, 3.63) is 64.9 Å². The normalized spacial score (nSPS) is 19.6. The van der Waals surface area contributed by atoms with Crippen LogP contribution >= 0.6 is 11.6 Å². The third kappa shape index (κ3) is 3.67. The van der Waals surface area contributed by atoms with E-state index >= 15 is 0 Å². The summed E-state index contributed by atoms with van der Waals surface area (Å²) < 4.78 is 40.8. The third-order valence-corrected chi connectivity index (χ3v) is 8.14. The van der Waals surface area contributed by atoms with Gasteiger partial charge in [-0.25, -0.2) is 12.8 Å². The van der Waals surface area contributed by atoms with Crippen molar-refractivity contribution < 1.29 is 17.6 Å². The predicted molar refractivity (Wildman–Crippen MR) is 109 cm³/mol. The van der Waals surface area contributed by atoms with Crippen LogP contribution in [0.15, 0.2) is 53.4 Å². The van der Waals surface area contributed by atoms with Crippen molar-refractivity contribution in [1.82, 2.24) is 9.21 Å². The molecule has 5 nitrogen and oxygen atoms in total. The smallest absolute Gasteiger partial charge is 0.243 e. The van der Waals surface area contributed by atoms with Crippen LogP contribution in [0.3, 0.4) is 0 Å². The number of carbonyl (C=O) groups excluding carboxylic acids is 1. The molecule has 0 unspecified atom stereocenters. The summed E-state index contributed by atoms with van der Waals surface area (Å²) in [5, 5.41) is 0.475. The molecule has 0 radical (unpaired) electrons. The van der Waals surface area contributed by atoms with Crippen molar-refractivity contribution in [3.8, 4) is 0 Å². The zero-order chi connectivity index (χ0) is 20.6. The first-order valence-electron chi connectivity index (χ1n) is 9.64. The Morgan fingerprint density at radius 3 is 2.21 bits per heavy atom. The van der Waals surface area contributed by atoms with Gasteiger partial charge in [-0.1, -0.05) is 30.2 Å². The maximum atomic E-state index is 13.7. The number of halogens is 2. The number of amides is 1. The lowest BCUT2D eigenvalue weighted by atomic mass is 9.63. The molecule has 1 aliphatic heterocycles. The first-order chi connectivity index (χ1) is 13.8. The van der Waals surface area contributed by atoms with Crippen LogP contribution in [0, 0.1) is 5.82 Å². The van der Waals surface area contributed by atoms with Crippen LogP contribution in [0.4, 0.5) is 4.39 Å². The van der Waals surface area contributed by atoms with Gasteiger partial charge in [-0.05, 0) is 54.8 Å². The minimum atomic E-state index is -3.63. The highest BCUT2D eigenvalue weighted by molar-refractivity contribution is 7.89. The van der Waals surface area contributed by atoms with Crippen molar-refractivity contribution in [2.24, 2.45) is 0 Å². The second-order valence-electron chi connectivity index (χ2n) is 7.60. The molecule has 2 aromatic carbocycles. The number of benzene rings is 2. The molecule has 1 aliphatic carbocycles. The lowest BCUT2D eigenvalue weighted by Crippen LogP contribution is -2.57. The topological polar surface area (TPSA) is 57.7 Å². The van der Waals surface area contributed by atoms with Crippen molar-refractivity contribution in [2.45, 2.75) is 29.6 Å². The summed E-state index contributed by atoms with van der Waals surface area (Å²) in [6.45, 7) is 1.11. The molecule has 1 amide bonds. The number of sulfonamides is 1. The minimum absolute atomic E-state index is 0.0297. The Bertz CT molecular complexity index is 1010.